The monoisotopic (exact) mass is 551 g/mol. The Morgan fingerprint density at radius 2 is 1.48 bits per heavy atom. The van der Waals surface area contributed by atoms with E-state index in [0.717, 1.165) is 35.0 Å². The Bertz CT molecular complexity index is 1280. The maximum Gasteiger partial charge on any atom is 0.332 e. The fourth-order valence-electron chi connectivity index (χ4n) is 3.99. The number of nitrogens with one attached hydrogen (secondary N) is 1. The molecule has 0 saturated carbocycles. The van der Waals surface area contributed by atoms with E-state index >= 15 is 0 Å². The second kappa shape index (κ2) is 15.9. The van der Waals surface area contributed by atoms with Gasteiger partial charge in [0, 0.05) is 18.8 Å². The largest absolute Gasteiger partial charge is 0.459 e. The van der Waals surface area contributed by atoms with Crippen LogP contribution in [0.15, 0.2) is 82.5 Å². The van der Waals surface area contributed by atoms with E-state index in [9.17, 15) is 14.4 Å². The average Bonchev–Trinajstić information content (AvgIpc) is 2.92. The predicted octanol–water partition coefficient (Wildman–Crippen LogP) is 3.87. The molecule has 0 aliphatic carbocycles. The predicted molar refractivity (Wildman–Crippen MR) is 154 cm³/mol. The second-order valence-electron chi connectivity index (χ2n) is 10.6. The van der Waals surface area contributed by atoms with Crippen molar-refractivity contribution in [3.63, 3.8) is 0 Å². The maximum atomic E-state index is 12.8. The molecule has 0 saturated heterocycles. The lowest BCUT2D eigenvalue weighted by molar-refractivity contribution is -0.159. The van der Waals surface area contributed by atoms with Crippen molar-refractivity contribution < 1.29 is 19.0 Å². The number of hydrogen-bond donors (Lipinski definition) is 1. The molecule has 0 aliphatic heterocycles. The summed E-state index contributed by atoms with van der Waals surface area (Å²) in [5.41, 5.74) is 0.638. The smallest absolute Gasteiger partial charge is 0.332 e. The zero-order valence-electron chi connectivity index (χ0n) is 23.7. The van der Waals surface area contributed by atoms with E-state index in [0.29, 0.717) is 26.3 Å². The molecule has 0 amide bonds. The van der Waals surface area contributed by atoms with Crippen LogP contribution in [0.3, 0.4) is 0 Å². The first-order valence-corrected chi connectivity index (χ1v) is 13.7. The van der Waals surface area contributed by atoms with Crippen LogP contribution in [0, 0.1) is 0 Å². The van der Waals surface area contributed by atoms with Gasteiger partial charge in [-0.1, -0.05) is 67.1 Å². The van der Waals surface area contributed by atoms with Gasteiger partial charge in [-0.25, -0.2) is 9.36 Å². The summed E-state index contributed by atoms with van der Waals surface area (Å²) in [6, 6.07) is 20.2. The lowest BCUT2D eigenvalue weighted by Crippen LogP contribution is -2.44. The Hall–Kier alpha value is -3.53. The molecule has 3 rings (SSSR count). The third-order valence-corrected chi connectivity index (χ3v) is 6.03. The molecule has 1 aromatic heterocycles. The van der Waals surface area contributed by atoms with Crippen molar-refractivity contribution in [1.82, 2.24) is 14.5 Å². The van der Waals surface area contributed by atoms with Crippen molar-refractivity contribution in [2.45, 2.75) is 78.2 Å². The van der Waals surface area contributed by atoms with Gasteiger partial charge in [0.25, 0.3) is 5.56 Å². The van der Waals surface area contributed by atoms with E-state index in [1.54, 1.807) is 0 Å². The molecule has 0 unspecified atom stereocenters. The summed E-state index contributed by atoms with van der Waals surface area (Å²) in [4.78, 5) is 37.7. The standard InChI is InChI=1S/C31H41N3O6/c1-31(2,3)40-29(36)27(23-38-21-25-13-7-4-8-14-25)32-18-11-6-12-19-33-20-17-28(35)34(30(33)37)24-39-22-26-15-9-5-10-16-26/h4-5,7-10,13-17,20,27,32H,6,11-12,18-19,21-24H2,1-3H3/t27-/m0/s1. The van der Waals surface area contributed by atoms with E-state index < -0.39 is 11.6 Å². The number of aryl methyl sites for hydroxylation is 1. The highest BCUT2D eigenvalue weighted by atomic mass is 16.6. The van der Waals surface area contributed by atoms with Crippen molar-refractivity contribution in [3.05, 3.63) is 105 Å². The van der Waals surface area contributed by atoms with Gasteiger partial charge in [0.05, 0.1) is 19.8 Å². The van der Waals surface area contributed by atoms with Gasteiger partial charge in [-0.2, -0.15) is 0 Å². The van der Waals surface area contributed by atoms with Gasteiger partial charge < -0.3 is 24.1 Å². The lowest BCUT2D eigenvalue weighted by Gasteiger charge is -2.24. The van der Waals surface area contributed by atoms with E-state index in [4.69, 9.17) is 14.2 Å². The minimum absolute atomic E-state index is 0.101. The quantitative estimate of drug-likeness (QED) is 0.213. The third-order valence-electron chi connectivity index (χ3n) is 6.03. The average molecular weight is 552 g/mol. The van der Waals surface area contributed by atoms with Crippen molar-refractivity contribution in [2.75, 3.05) is 13.2 Å². The van der Waals surface area contributed by atoms with Gasteiger partial charge in [0.1, 0.15) is 18.4 Å². The number of carbonyl (C=O) groups is 1. The minimum Gasteiger partial charge on any atom is -0.459 e. The summed E-state index contributed by atoms with van der Waals surface area (Å²) in [6.45, 7) is 7.43. The minimum atomic E-state index is -0.590. The van der Waals surface area contributed by atoms with Crippen LogP contribution in [-0.2, 0) is 45.5 Å². The van der Waals surface area contributed by atoms with Crippen LogP contribution < -0.4 is 16.6 Å². The number of carbonyl (C=O) groups excluding carboxylic acids is 1. The molecule has 216 valence electrons. The maximum absolute atomic E-state index is 12.8. The summed E-state index contributed by atoms with van der Waals surface area (Å²) in [6.07, 6.45) is 3.90. The molecule has 1 atom stereocenters. The van der Waals surface area contributed by atoms with Gasteiger partial charge in [-0.05, 0) is 51.3 Å². The fourth-order valence-corrected chi connectivity index (χ4v) is 3.99. The molecule has 9 nitrogen and oxygen atoms in total. The first-order chi connectivity index (χ1) is 19.2. The van der Waals surface area contributed by atoms with Crippen LogP contribution in [0.4, 0.5) is 0 Å². The molecule has 0 radical (unpaired) electrons. The number of benzene rings is 2. The van der Waals surface area contributed by atoms with Gasteiger partial charge >= 0.3 is 11.7 Å². The van der Waals surface area contributed by atoms with Gasteiger partial charge in [0.15, 0.2) is 0 Å². The van der Waals surface area contributed by atoms with Crippen LogP contribution in [-0.4, -0.2) is 39.9 Å². The molecule has 0 bridgehead atoms. The first-order valence-electron chi connectivity index (χ1n) is 13.7. The second-order valence-corrected chi connectivity index (χ2v) is 10.6. The van der Waals surface area contributed by atoms with Gasteiger partial charge in [-0.3, -0.25) is 9.59 Å². The lowest BCUT2D eigenvalue weighted by atomic mass is 10.2. The van der Waals surface area contributed by atoms with Gasteiger partial charge in [0.2, 0.25) is 0 Å². The van der Waals surface area contributed by atoms with E-state index in [1.807, 2.05) is 81.4 Å². The molecule has 2 aromatic carbocycles. The number of esters is 1. The van der Waals surface area contributed by atoms with Crippen LogP contribution in [0.5, 0.6) is 0 Å². The number of aromatic nitrogens is 2. The highest BCUT2D eigenvalue weighted by Gasteiger charge is 2.25. The molecule has 0 aliphatic rings. The summed E-state index contributed by atoms with van der Waals surface area (Å²) in [5.74, 6) is -0.344. The molecule has 9 heteroatoms. The topological polar surface area (TPSA) is 101 Å². The fraction of sp³-hybridized carbons (Fsp3) is 0.452. The Labute approximate surface area is 235 Å². The Morgan fingerprint density at radius 3 is 2.10 bits per heavy atom. The zero-order chi connectivity index (χ0) is 28.8. The summed E-state index contributed by atoms with van der Waals surface area (Å²) < 4.78 is 19.6. The van der Waals surface area contributed by atoms with E-state index in [-0.39, 0.29) is 30.6 Å². The summed E-state index contributed by atoms with van der Waals surface area (Å²) in [7, 11) is 0. The SMILES string of the molecule is CC(C)(C)OC(=O)[C@H](COCc1ccccc1)NCCCCCn1ccc(=O)n(COCc2ccccc2)c1=O. The number of nitrogens with zero attached hydrogens (tertiary/aromatic N) is 2. The van der Waals surface area contributed by atoms with Crippen molar-refractivity contribution in [2.24, 2.45) is 0 Å². The normalized spacial score (nSPS) is 12.3. The van der Waals surface area contributed by atoms with Crippen LogP contribution in [0.25, 0.3) is 0 Å². The molecular weight excluding hydrogens is 510 g/mol. The highest BCUT2D eigenvalue weighted by Crippen LogP contribution is 2.10. The third kappa shape index (κ3) is 10.9. The van der Waals surface area contributed by atoms with Crippen LogP contribution in [0.1, 0.15) is 51.2 Å². The zero-order valence-corrected chi connectivity index (χ0v) is 23.7. The molecule has 0 fully saturated rings. The van der Waals surface area contributed by atoms with E-state index in [1.165, 1.54) is 16.8 Å². The van der Waals surface area contributed by atoms with Crippen molar-refractivity contribution >= 4 is 5.97 Å². The highest BCUT2D eigenvalue weighted by molar-refractivity contribution is 5.76. The first kappa shape index (κ1) is 31.0. The molecular formula is C31H41N3O6. The number of ether oxygens (including phenoxy) is 3. The molecule has 40 heavy (non-hydrogen) atoms. The van der Waals surface area contributed by atoms with E-state index in [2.05, 4.69) is 5.32 Å². The Morgan fingerprint density at radius 1 is 0.850 bits per heavy atom. The summed E-state index contributed by atoms with van der Waals surface area (Å²) >= 11 is 0. The molecule has 0 spiro atoms. The number of hydrogen-bond acceptors (Lipinski definition) is 7. The molecule has 1 heterocycles. The van der Waals surface area contributed by atoms with Crippen LogP contribution >= 0.6 is 0 Å². The van der Waals surface area contributed by atoms with Gasteiger partial charge in [-0.15, -0.1) is 0 Å². The van der Waals surface area contributed by atoms with Crippen LogP contribution in [0.2, 0.25) is 0 Å². The Balaban J connectivity index is 1.43. The van der Waals surface area contributed by atoms with Crippen molar-refractivity contribution in [1.29, 1.82) is 0 Å². The Kier molecular flexibility index (Phi) is 12.3. The summed E-state index contributed by atoms with van der Waals surface area (Å²) in [5, 5.41) is 3.26. The van der Waals surface area contributed by atoms with Crippen molar-refractivity contribution in [3.8, 4) is 0 Å². The number of rotatable bonds is 16. The molecule has 3 aromatic rings. The number of unbranched alkanes of at least 4 members (excludes halogenated alkanes) is 2. The molecule has 1 N–H and O–H groups in total.